The first-order valence-corrected chi connectivity index (χ1v) is 12.5. The van der Waals surface area contributed by atoms with Crippen molar-refractivity contribution in [3.8, 4) is 34.2 Å². The predicted octanol–water partition coefficient (Wildman–Crippen LogP) is 4.72. The number of nitrogens with two attached hydrogens (primary N) is 1. The van der Waals surface area contributed by atoms with Crippen LogP contribution in [0.1, 0.15) is 28.2 Å². The molecule has 2 aromatic heterocycles. The van der Waals surface area contributed by atoms with Crippen LogP contribution in [-0.2, 0) is 4.79 Å². The number of rotatable bonds is 6. The largest absolute Gasteiger partial charge is 0.507 e. The topological polar surface area (TPSA) is 145 Å². The van der Waals surface area contributed by atoms with E-state index in [2.05, 4.69) is 21.4 Å². The van der Waals surface area contributed by atoms with Gasteiger partial charge in [0.25, 0.3) is 5.91 Å². The zero-order valence-electron chi connectivity index (χ0n) is 20.3. The van der Waals surface area contributed by atoms with Gasteiger partial charge in [-0.25, -0.2) is 14.4 Å². The molecule has 0 unspecified atom stereocenters. The highest BCUT2D eigenvalue weighted by Crippen LogP contribution is 2.37. The van der Waals surface area contributed by atoms with Gasteiger partial charge in [-0.15, -0.1) is 23.7 Å². The standard InChI is InChI=1S/C27H21FN6O3S.ClH/c28-16-6-7-18(23(35)12-16)21-13-19(20(14-29)25(32-21)33-26(37)27-31-8-10-38-27)15-3-1-4-17(11-15)34-9-2-5-22(34)24(30)36;/h1,3-4,6-8,10-13,22,35H,2,5,9H2,(H2,30,36)(H,32,33,37);1H/t22-;/m1./s1. The van der Waals surface area contributed by atoms with E-state index in [1.165, 1.54) is 18.3 Å². The van der Waals surface area contributed by atoms with Gasteiger partial charge in [0.1, 0.15) is 29.2 Å². The number of aromatic hydroxyl groups is 1. The van der Waals surface area contributed by atoms with E-state index in [1.54, 1.807) is 23.6 Å². The van der Waals surface area contributed by atoms with Gasteiger partial charge in [-0.2, -0.15) is 5.26 Å². The van der Waals surface area contributed by atoms with Crippen molar-refractivity contribution in [1.82, 2.24) is 9.97 Å². The van der Waals surface area contributed by atoms with Gasteiger partial charge in [0, 0.05) is 41.0 Å². The second-order valence-electron chi connectivity index (χ2n) is 8.65. The van der Waals surface area contributed by atoms with Gasteiger partial charge in [-0.1, -0.05) is 12.1 Å². The molecule has 12 heteroatoms. The van der Waals surface area contributed by atoms with Crippen LogP contribution in [0.15, 0.2) is 60.1 Å². The molecule has 1 atom stereocenters. The van der Waals surface area contributed by atoms with Gasteiger partial charge < -0.3 is 21.1 Å². The first-order chi connectivity index (χ1) is 18.4. The van der Waals surface area contributed by atoms with Crippen LogP contribution in [0.4, 0.5) is 15.9 Å². The monoisotopic (exact) mass is 564 g/mol. The second-order valence-corrected chi connectivity index (χ2v) is 9.54. The SMILES string of the molecule is Cl.N#Cc1c(-c2cccc(N3CCC[C@@H]3C(N)=O)c2)cc(-c2ccc(F)cc2O)nc1NC(=O)c1nccs1. The molecular formula is C27H22ClFN6O3S. The van der Waals surface area contributed by atoms with Crippen LogP contribution in [0, 0.1) is 17.1 Å². The first kappa shape index (κ1) is 27.5. The molecule has 198 valence electrons. The van der Waals surface area contributed by atoms with Gasteiger partial charge in [-0.05, 0) is 48.7 Å². The Bertz CT molecular complexity index is 1590. The fourth-order valence-corrected chi connectivity index (χ4v) is 5.09. The van der Waals surface area contributed by atoms with Crippen LogP contribution in [0.3, 0.4) is 0 Å². The molecule has 0 aliphatic carbocycles. The van der Waals surface area contributed by atoms with E-state index >= 15 is 0 Å². The summed E-state index contributed by atoms with van der Waals surface area (Å²) < 4.78 is 13.7. The average molecular weight is 565 g/mol. The number of anilines is 2. The number of nitrogens with zero attached hydrogens (tertiary/aromatic N) is 4. The summed E-state index contributed by atoms with van der Waals surface area (Å²) in [6.45, 7) is 0.655. The number of nitriles is 1. The van der Waals surface area contributed by atoms with Crippen LogP contribution in [0.25, 0.3) is 22.4 Å². The molecule has 4 aromatic rings. The number of pyridine rings is 1. The van der Waals surface area contributed by atoms with E-state index in [0.29, 0.717) is 24.1 Å². The van der Waals surface area contributed by atoms with E-state index in [1.807, 2.05) is 17.0 Å². The molecule has 39 heavy (non-hydrogen) atoms. The summed E-state index contributed by atoms with van der Waals surface area (Å²) in [6, 6.07) is 14.1. The molecule has 0 bridgehead atoms. The Morgan fingerprint density at radius 1 is 1.21 bits per heavy atom. The van der Waals surface area contributed by atoms with Crippen LogP contribution < -0.4 is 16.0 Å². The maximum absolute atomic E-state index is 13.7. The normalized spacial score (nSPS) is 14.4. The summed E-state index contributed by atoms with van der Waals surface area (Å²) in [5.41, 5.74) is 7.92. The molecule has 4 N–H and O–H groups in total. The Hall–Kier alpha value is -4.53. The lowest BCUT2D eigenvalue weighted by Gasteiger charge is -2.25. The van der Waals surface area contributed by atoms with E-state index in [0.717, 1.165) is 29.5 Å². The summed E-state index contributed by atoms with van der Waals surface area (Å²) >= 11 is 1.13. The number of phenols is 1. The summed E-state index contributed by atoms with van der Waals surface area (Å²) in [7, 11) is 0. The Morgan fingerprint density at radius 2 is 2.03 bits per heavy atom. The second kappa shape index (κ2) is 11.5. The lowest BCUT2D eigenvalue weighted by molar-refractivity contribution is -0.119. The minimum absolute atomic E-state index is 0. The van der Waals surface area contributed by atoms with Crippen LogP contribution >= 0.6 is 23.7 Å². The maximum Gasteiger partial charge on any atom is 0.285 e. The maximum atomic E-state index is 13.7. The fourth-order valence-electron chi connectivity index (χ4n) is 4.56. The highest BCUT2D eigenvalue weighted by Gasteiger charge is 2.29. The molecule has 1 aliphatic rings. The molecule has 9 nitrogen and oxygen atoms in total. The number of amides is 2. The predicted molar refractivity (Wildman–Crippen MR) is 148 cm³/mol. The highest BCUT2D eigenvalue weighted by atomic mass is 35.5. The van der Waals surface area contributed by atoms with Crippen molar-refractivity contribution in [3.05, 3.63) is 76.5 Å². The number of benzene rings is 2. The number of hydrogen-bond donors (Lipinski definition) is 3. The Kier molecular flexibility index (Phi) is 8.09. The number of thiazole rings is 1. The Morgan fingerprint density at radius 3 is 2.72 bits per heavy atom. The quantitative estimate of drug-likeness (QED) is 0.307. The van der Waals surface area contributed by atoms with Crippen molar-refractivity contribution < 1.29 is 19.1 Å². The van der Waals surface area contributed by atoms with Gasteiger partial charge >= 0.3 is 0 Å². The molecule has 5 rings (SSSR count). The van der Waals surface area contributed by atoms with Gasteiger partial charge in [0.05, 0.1) is 5.69 Å². The van der Waals surface area contributed by atoms with Crippen LogP contribution in [0.2, 0.25) is 0 Å². The number of aromatic nitrogens is 2. The van der Waals surface area contributed by atoms with Crippen molar-refractivity contribution in [2.24, 2.45) is 5.73 Å². The number of halogens is 2. The van der Waals surface area contributed by atoms with E-state index < -0.39 is 23.7 Å². The summed E-state index contributed by atoms with van der Waals surface area (Å²) in [5, 5.41) is 25.0. The number of primary amides is 1. The van der Waals surface area contributed by atoms with E-state index in [-0.39, 0.29) is 45.8 Å². The average Bonchev–Trinajstić information content (AvgIpc) is 3.61. The molecule has 0 spiro atoms. The molecule has 0 saturated carbocycles. The third kappa shape index (κ3) is 5.52. The minimum atomic E-state index is -0.625. The molecule has 1 saturated heterocycles. The first-order valence-electron chi connectivity index (χ1n) is 11.7. The lowest BCUT2D eigenvalue weighted by atomic mass is 9.97. The zero-order chi connectivity index (χ0) is 26.8. The minimum Gasteiger partial charge on any atom is -0.507 e. The molecule has 0 radical (unpaired) electrons. The molecule has 3 heterocycles. The van der Waals surface area contributed by atoms with E-state index in [9.17, 15) is 24.3 Å². The van der Waals surface area contributed by atoms with Gasteiger partial charge in [0.15, 0.2) is 10.8 Å². The van der Waals surface area contributed by atoms with Crippen molar-refractivity contribution >= 4 is 47.1 Å². The van der Waals surface area contributed by atoms with Crippen molar-refractivity contribution in [1.29, 1.82) is 5.26 Å². The summed E-state index contributed by atoms with van der Waals surface area (Å²) in [6.07, 6.45) is 2.95. The smallest absolute Gasteiger partial charge is 0.285 e. The molecular weight excluding hydrogens is 543 g/mol. The number of carbonyl (C=O) groups is 2. The van der Waals surface area contributed by atoms with Crippen molar-refractivity contribution in [3.63, 3.8) is 0 Å². The molecule has 2 amide bonds. The summed E-state index contributed by atoms with van der Waals surface area (Å²) in [4.78, 5) is 35.2. The van der Waals surface area contributed by atoms with E-state index in [4.69, 9.17) is 5.73 Å². The number of phenolic OH excluding ortho intramolecular Hbond substituents is 1. The number of hydrogen-bond acceptors (Lipinski definition) is 8. The van der Waals surface area contributed by atoms with Crippen molar-refractivity contribution in [2.45, 2.75) is 18.9 Å². The number of carbonyl (C=O) groups excluding carboxylic acids is 2. The fraction of sp³-hybridized carbons (Fsp3) is 0.148. The third-order valence-electron chi connectivity index (χ3n) is 6.30. The summed E-state index contributed by atoms with van der Waals surface area (Å²) in [5.74, 6) is -1.97. The molecule has 1 aliphatic heterocycles. The van der Waals surface area contributed by atoms with Crippen molar-refractivity contribution in [2.75, 3.05) is 16.8 Å². The molecule has 2 aromatic carbocycles. The molecule has 1 fully saturated rings. The highest BCUT2D eigenvalue weighted by molar-refractivity contribution is 7.11. The lowest BCUT2D eigenvalue weighted by Crippen LogP contribution is -2.40. The third-order valence-corrected chi connectivity index (χ3v) is 7.07. The Labute approximate surface area is 233 Å². The van der Waals surface area contributed by atoms with Gasteiger partial charge in [-0.3, -0.25) is 9.59 Å². The number of nitrogens with one attached hydrogen (secondary N) is 1. The van der Waals surface area contributed by atoms with Gasteiger partial charge in [0.2, 0.25) is 5.91 Å². The zero-order valence-corrected chi connectivity index (χ0v) is 21.9. The van der Waals surface area contributed by atoms with Crippen LogP contribution in [-0.4, -0.2) is 39.5 Å². The Balaban J connectivity index is 0.00000353. The van der Waals surface area contributed by atoms with Crippen LogP contribution in [0.5, 0.6) is 5.75 Å².